The standard InChI is InChI=1S/C40H21N5/c41-22-29-11-4-12-30(23-42)38(29)28-18-19-34-35-16-7-17-36(39-31(24-43)13-5-14-32(39)25-44)40(35)45(37(34)21-28)33-15-6-10-27(20-33)26-8-2-1-3-9-26/h1-21H. The topological polar surface area (TPSA) is 100 Å². The maximum Gasteiger partial charge on any atom is 0.0998 e. The average Bonchev–Trinajstić information content (AvgIpc) is 3.45. The Kier molecular flexibility index (Phi) is 6.62. The van der Waals surface area contributed by atoms with Crippen LogP contribution in [0.15, 0.2) is 127 Å². The van der Waals surface area contributed by atoms with E-state index in [-0.39, 0.29) is 0 Å². The number of hydrogen-bond donors (Lipinski definition) is 0. The fourth-order valence-electron chi connectivity index (χ4n) is 6.23. The Balaban J connectivity index is 1.64. The minimum absolute atomic E-state index is 0.415. The van der Waals surface area contributed by atoms with Crippen LogP contribution >= 0.6 is 0 Å². The van der Waals surface area contributed by atoms with Crippen molar-refractivity contribution in [1.29, 1.82) is 21.0 Å². The highest BCUT2D eigenvalue weighted by molar-refractivity contribution is 6.15. The van der Waals surface area contributed by atoms with Crippen LogP contribution in [0.4, 0.5) is 0 Å². The number of hydrogen-bond acceptors (Lipinski definition) is 4. The van der Waals surface area contributed by atoms with E-state index in [0.717, 1.165) is 49.7 Å². The fraction of sp³-hybridized carbons (Fsp3) is 0. The number of rotatable bonds is 4. The van der Waals surface area contributed by atoms with Crippen molar-refractivity contribution in [2.75, 3.05) is 0 Å². The summed E-state index contributed by atoms with van der Waals surface area (Å²) in [5, 5.41) is 42.0. The summed E-state index contributed by atoms with van der Waals surface area (Å²) >= 11 is 0. The van der Waals surface area contributed by atoms with E-state index < -0.39 is 0 Å². The molecule has 0 saturated heterocycles. The van der Waals surface area contributed by atoms with Gasteiger partial charge in [0.25, 0.3) is 0 Å². The molecule has 0 unspecified atom stereocenters. The van der Waals surface area contributed by atoms with E-state index in [1.54, 1.807) is 36.4 Å². The van der Waals surface area contributed by atoms with Crippen LogP contribution in [0.1, 0.15) is 22.3 Å². The zero-order valence-electron chi connectivity index (χ0n) is 23.9. The number of aromatic nitrogens is 1. The molecule has 5 nitrogen and oxygen atoms in total. The third-order valence-corrected chi connectivity index (χ3v) is 8.17. The molecule has 0 fully saturated rings. The lowest BCUT2D eigenvalue weighted by Crippen LogP contribution is -1.98. The summed E-state index contributed by atoms with van der Waals surface area (Å²) in [7, 11) is 0. The molecular formula is C40H21N5. The van der Waals surface area contributed by atoms with Crippen LogP contribution in [-0.2, 0) is 0 Å². The van der Waals surface area contributed by atoms with Crippen molar-refractivity contribution in [3.63, 3.8) is 0 Å². The summed E-state index contributed by atoms with van der Waals surface area (Å²) in [5.41, 5.74) is 9.06. The summed E-state index contributed by atoms with van der Waals surface area (Å²) in [6.07, 6.45) is 0. The molecule has 0 N–H and O–H groups in total. The number of fused-ring (bicyclic) bond motifs is 3. The molecular weight excluding hydrogens is 550 g/mol. The van der Waals surface area contributed by atoms with Crippen molar-refractivity contribution in [3.05, 3.63) is 150 Å². The molecule has 5 heteroatoms. The number of para-hydroxylation sites is 1. The quantitative estimate of drug-likeness (QED) is 0.210. The molecule has 0 saturated carbocycles. The second-order valence-corrected chi connectivity index (χ2v) is 10.6. The van der Waals surface area contributed by atoms with E-state index in [1.165, 1.54) is 0 Å². The first-order valence-corrected chi connectivity index (χ1v) is 14.3. The molecule has 6 aromatic carbocycles. The van der Waals surface area contributed by atoms with Crippen LogP contribution in [0.3, 0.4) is 0 Å². The Bertz CT molecular complexity index is 2410. The van der Waals surface area contributed by atoms with Gasteiger partial charge in [0.1, 0.15) is 0 Å². The number of nitriles is 4. The largest absolute Gasteiger partial charge is 0.309 e. The summed E-state index contributed by atoms with van der Waals surface area (Å²) in [5.74, 6) is 0. The molecule has 1 aromatic heterocycles. The molecule has 0 aliphatic rings. The van der Waals surface area contributed by atoms with E-state index in [1.807, 2.05) is 66.7 Å². The molecule has 1 heterocycles. The van der Waals surface area contributed by atoms with Crippen molar-refractivity contribution >= 4 is 21.8 Å². The number of nitrogens with zero attached hydrogens (tertiary/aromatic N) is 5. The first-order valence-electron chi connectivity index (χ1n) is 14.3. The minimum Gasteiger partial charge on any atom is -0.309 e. The molecule has 0 radical (unpaired) electrons. The van der Waals surface area contributed by atoms with E-state index in [0.29, 0.717) is 33.4 Å². The Morgan fingerprint density at radius 2 is 1.00 bits per heavy atom. The maximum absolute atomic E-state index is 10.1. The third-order valence-electron chi connectivity index (χ3n) is 8.17. The first kappa shape index (κ1) is 26.9. The van der Waals surface area contributed by atoms with E-state index >= 15 is 0 Å². The van der Waals surface area contributed by atoms with Gasteiger partial charge in [0.2, 0.25) is 0 Å². The third kappa shape index (κ3) is 4.38. The van der Waals surface area contributed by atoms with Gasteiger partial charge in [-0.25, -0.2) is 0 Å². The number of benzene rings is 6. The van der Waals surface area contributed by atoms with Gasteiger partial charge in [-0.1, -0.05) is 84.9 Å². The van der Waals surface area contributed by atoms with Gasteiger partial charge in [0, 0.05) is 33.2 Å². The summed E-state index contributed by atoms with van der Waals surface area (Å²) in [6.45, 7) is 0. The monoisotopic (exact) mass is 571 g/mol. The SMILES string of the molecule is N#Cc1cccc(C#N)c1-c1ccc2c3cccc(-c4c(C#N)cccc4C#N)c3n(-c3cccc(-c4ccccc4)c3)c2c1. The van der Waals surface area contributed by atoms with Crippen LogP contribution in [0.25, 0.3) is 60.9 Å². The Hall–Kier alpha value is -6.92. The summed E-state index contributed by atoms with van der Waals surface area (Å²) in [6, 6.07) is 49.8. The predicted octanol–water partition coefficient (Wildman–Crippen LogP) is 9.27. The minimum atomic E-state index is 0.415. The van der Waals surface area contributed by atoms with Gasteiger partial charge in [0.15, 0.2) is 0 Å². The molecule has 0 spiro atoms. The van der Waals surface area contributed by atoms with Crippen LogP contribution < -0.4 is 0 Å². The van der Waals surface area contributed by atoms with Crippen LogP contribution in [0, 0.1) is 45.3 Å². The van der Waals surface area contributed by atoms with Gasteiger partial charge in [-0.15, -0.1) is 0 Å². The zero-order valence-corrected chi connectivity index (χ0v) is 23.9. The van der Waals surface area contributed by atoms with Crippen LogP contribution in [-0.4, -0.2) is 4.57 Å². The van der Waals surface area contributed by atoms with Crippen molar-refractivity contribution in [1.82, 2.24) is 4.57 Å². The van der Waals surface area contributed by atoms with Crippen molar-refractivity contribution < 1.29 is 0 Å². The second kappa shape index (κ2) is 11.1. The highest BCUT2D eigenvalue weighted by atomic mass is 15.0. The molecule has 0 aliphatic heterocycles. The van der Waals surface area contributed by atoms with E-state index in [2.05, 4.69) is 53.1 Å². The molecule has 0 bridgehead atoms. The Morgan fingerprint density at radius 3 is 1.64 bits per heavy atom. The van der Waals surface area contributed by atoms with Crippen molar-refractivity contribution in [2.24, 2.45) is 0 Å². The molecule has 7 rings (SSSR count). The Morgan fingerprint density at radius 1 is 0.422 bits per heavy atom. The van der Waals surface area contributed by atoms with Crippen LogP contribution in [0.5, 0.6) is 0 Å². The molecule has 206 valence electrons. The predicted molar refractivity (Wildman–Crippen MR) is 176 cm³/mol. The lowest BCUT2D eigenvalue weighted by Gasteiger charge is -2.15. The van der Waals surface area contributed by atoms with Gasteiger partial charge in [-0.3, -0.25) is 0 Å². The fourth-order valence-corrected chi connectivity index (χ4v) is 6.23. The maximum atomic E-state index is 10.1. The van der Waals surface area contributed by atoms with Crippen molar-refractivity contribution in [3.8, 4) is 63.3 Å². The van der Waals surface area contributed by atoms with Gasteiger partial charge < -0.3 is 4.57 Å². The first-order chi connectivity index (χ1) is 22.2. The molecule has 0 amide bonds. The van der Waals surface area contributed by atoms with Crippen molar-refractivity contribution in [2.45, 2.75) is 0 Å². The van der Waals surface area contributed by atoms with Crippen LogP contribution in [0.2, 0.25) is 0 Å². The highest BCUT2D eigenvalue weighted by Crippen LogP contribution is 2.42. The average molecular weight is 572 g/mol. The molecule has 7 aromatic rings. The van der Waals surface area contributed by atoms with E-state index in [4.69, 9.17) is 0 Å². The molecule has 45 heavy (non-hydrogen) atoms. The summed E-state index contributed by atoms with van der Waals surface area (Å²) < 4.78 is 2.16. The molecule has 0 atom stereocenters. The smallest absolute Gasteiger partial charge is 0.0998 e. The second-order valence-electron chi connectivity index (χ2n) is 10.6. The van der Waals surface area contributed by atoms with Gasteiger partial charge in [-0.2, -0.15) is 21.0 Å². The van der Waals surface area contributed by atoms with Gasteiger partial charge in [0.05, 0.1) is 57.6 Å². The Labute approximate surface area is 259 Å². The summed E-state index contributed by atoms with van der Waals surface area (Å²) in [4.78, 5) is 0. The van der Waals surface area contributed by atoms with Gasteiger partial charge >= 0.3 is 0 Å². The normalized spacial score (nSPS) is 10.6. The van der Waals surface area contributed by atoms with Gasteiger partial charge in [-0.05, 0) is 59.2 Å². The molecule has 0 aliphatic carbocycles. The lowest BCUT2D eigenvalue weighted by atomic mass is 9.93. The zero-order chi connectivity index (χ0) is 30.9. The van der Waals surface area contributed by atoms with E-state index in [9.17, 15) is 21.0 Å². The highest BCUT2D eigenvalue weighted by Gasteiger charge is 2.21. The lowest BCUT2D eigenvalue weighted by molar-refractivity contribution is 1.18.